The van der Waals surface area contributed by atoms with Crippen molar-refractivity contribution in [2.75, 3.05) is 0 Å². The maximum absolute atomic E-state index is 6.40. The monoisotopic (exact) mass is 785 g/mol. The molecule has 328 valence electrons. The van der Waals surface area contributed by atoms with Crippen molar-refractivity contribution < 1.29 is 39.1 Å². The molecule has 0 atom stereocenters. The van der Waals surface area contributed by atoms with Crippen LogP contribution in [0.25, 0.3) is 0 Å². The topological polar surface area (TPSA) is 73.8 Å². The zero-order valence-corrected chi connectivity index (χ0v) is 40.4. The summed E-state index contributed by atoms with van der Waals surface area (Å²) in [5.41, 5.74) is -1.52. The fraction of sp³-hybridized carbons (Fsp3) is 1.00. The van der Waals surface area contributed by atoms with E-state index in [1.807, 2.05) is 0 Å². The molecule has 2 saturated carbocycles. The van der Waals surface area contributed by atoms with Crippen molar-refractivity contribution in [2.24, 2.45) is 38.9 Å². The molecule has 0 aromatic rings. The van der Waals surface area contributed by atoms with Gasteiger partial charge in [0.05, 0.1) is 22.4 Å². The van der Waals surface area contributed by atoms with Crippen LogP contribution >= 0.6 is 0 Å². The Labute approximate surface area is 340 Å². The van der Waals surface area contributed by atoms with Crippen molar-refractivity contribution in [1.29, 1.82) is 0 Å². The lowest BCUT2D eigenvalue weighted by Gasteiger charge is -2.50. The van der Waals surface area contributed by atoms with Gasteiger partial charge in [-0.25, -0.2) is 19.6 Å². The van der Waals surface area contributed by atoms with Gasteiger partial charge < -0.3 is 0 Å². The molecule has 0 aromatic carbocycles. The third-order valence-electron chi connectivity index (χ3n) is 11.1. The van der Waals surface area contributed by atoms with Crippen molar-refractivity contribution in [1.82, 2.24) is 0 Å². The number of hydrogen-bond acceptors (Lipinski definition) is 8. The molecule has 0 amide bonds. The lowest BCUT2D eigenvalue weighted by Crippen LogP contribution is -2.49. The van der Waals surface area contributed by atoms with Crippen LogP contribution in [0.1, 0.15) is 229 Å². The van der Waals surface area contributed by atoms with Gasteiger partial charge in [0, 0.05) is 25.7 Å². The summed E-state index contributed by atoms with van der Waals surface area (Å²) in [5.74, 6) is -1.01. The summed E-state index contributed by atoms with van der Waals surface area (Å²) < 4.78 is 0. The molecule has 2 fully saturated rings. The molecule has 55 heavy (non-hydrogen) atoms. The summed E-state index contributed by atoms with van der Waals surface area (Å²) in [6, 6.07) is 0. The molecule has 8 heteroatoms. The third kappa shape index (κ3) is 18.6. The molecule has 2 aliphatic carbocycles. The second-order valence-corrected chi connectivity index (χ2v) is 25.8. The molecule has 0 N–H and O–H groups in total. The Morgan fingerprint density at radius 3 is 0.673 bits per heavy atom. The van der Waals surface area contributed by atoms with Gasteiger partial charge in [0.2, 0.25) is 11.6 Å². The van der Waals surface area contributed by atoms with Gasteiger partial charge in [0.1, 0.15) is 0 Å². The van der Waals surface area contributed by atoms with Crippen LogP contribution in [-0.4, -0.2) is 34.0 Å². The van der Waals surface area contributed by atoms with Crippen LogP contribution in [0.3, 0.4) is 0 Å². The van der Waals surface area contributed by atoms with E-state index < -0.39 is 34.0 Å². The first kappa shape index (κ1) is 50.8. The quantitative estimate of drug-likeness (QED) is 0.0773. The van der Waals surface area contributed by atoms with E-state index in [9.17, 15) is 0 Å². The number of rotatable bonds is 18. The average Bonchev–Trinajstić information content (AvgIpc) is 2.93. The molecular weight excluding hydrogens is 693 g/mol. The Hall–Kier alpha value is -0.320. The van der Waals surface area contributed by atoms with Gasteiger partial charge in [-0.3, -0.25) is 0 Å². The van der Waals surface area contributed by atoms with Crippen LogP contribution in [-0.2, 0) is 39.1 Å². The molecule has 0 aromatic heterocycles. The van der Waals surface area contributed by atoms with Gasteiger partial charge in [0.25, 0.3) is 0 Å². The Morgan fingerprint density at radius 1 is 0.327 bits per heavy atom. The zero-order chi connectivity index (χ0) is 42.8. The van der Waals surface area contributed by atoms with E-state index in [2.05, 4.69) is 152 Å². The second kappa shape index (κ2) is 17.7. The maximum Gasteiger partial charge on any atom is 0.234 e. The molecule has 0 saturated heterocycles. The maximum atomic E-state index is 6.40. The van der Waals surface area contributed by atoms with E-state index in [0.717, 1.165) is 51.4 Å². The Morgan fingerprint density at radius 2 is 0.509 bits per heavy atom. The molecule has 0 radical (unpaired) electrons. The molecule has 2 rings (SSSR count). The van der Waals surface area contributed by atoms with Gasteiger partial charge >= 0.3 is 0 Å². The van der Waals surface area contributed by atoms with E-state index in [4.69, 9.17) is 39.1 Å². The van der Waals surface area contributed by atoms with E-state index >= 15 is 0 Å². The smallest absolute Gasteiger partial charge is 0.228 e. The molecule has 0 heterocycles. The van der Waals surface area contributed by atoms with Crippen molar-refractivity contribution in [3.63, 3.8) is 0 Å². The second-order valence-electron chi connectivity index (χ2n) is 25.8. The van der Waals surface area contributed by atoms with Crippen LogP contribution in [0.15, 0.2) is 0 Å². The van der Waals surface area contributed by atoms with Gasteiger partial charge in [-0.2, -0.15) is 19.6 Å². The van der Waals surface area contributed by atoms with Crippen molar-refractivity contribution in [3.8, 4) is 0 Å². The van der Waals surface area contributed by atoms with Crippen molar-refractivity contribution in [3.05, 3.63) is 0 Å². The first-order chi connectivity index (χ1) is 24.3. The largest absolute Gasteiger partial charge is 0.234 e. The normalized spacial score (nSPS) is 20.6. The fourth-order valence-corrected chi connectivity index (χ4v) is 10.3. The van der Waals surface area contributed by atoms with Gasteiger partial charge in [-0.1, -0.05) is 96.9 Å². The lowest BCUT2D eigenvalue weighted by atomic mass is 9.60. The molecular formula is C47H92O8. The highest BCUT2D eigenvalue weighted by atomic mass is 17.3. The van der Waals surface area contributed by atoms with E-state index in [-0.39, 0.29) is 27.1 Å². The Bertz CT molecular complexity index is 997. The average molecular weight is 785 g/mol. The zero-order valence-electron chi connectivity index (χ0n) is 40.4. The minimum atomic E-state index is -0.977. The first-order valence-electron chi connectivity index (χ1n) is 21.8. The predicted molar refractivity (Wildman–Crippen MR) is 224 cm³/mol. The van der Waals surface area contributed by atoms with Crippen molar-refractivity contribution in [2.45, 2.75) is 263 Å². The molecule has 0 aliphatic heterocycles. The summed E-state index contributed by atoms with van der Waals surface area (Å²) in [4.78, 5) is 50.7. The first-order valence-corrected chi connectivity index (χ1v) is 21.8. The highest BCUT2D eigenvalue weighted by Gasteiger charge is 2.51. The SMILES string of the molecule is CC(C)(C)CC(C)(C)OOC1(OOC(C)(C)CC(C)(C)C)CCC(C(C)(C)C2CCC(OOC(C)(C)CC(C)(C)C)(OOC(C)(C)CC(C)(C)C)CC2)CC1. The summed E-state index contributed by atoms with van der Waals surface area (Å²) in [6.45, 7) is 48.4. The molecule has 0 unspecified atom stereocenters. The lowest BCUT2D eigenvalue weighted by molar-refractivity contribution is -0.551. The summed E-state index contributed by atoms with van der Waals surface area (Å²) in [5, 5.41) is 0. The predicted octanol–water partition coefficient (Wildman–Crippen LogP) is 14.4. The Kier molecular flexibility index (Phi) is 16.4. The van der Waals surface area contributed by atoms with Gasteiger partial charge in [-0.05, 0) is 146 Å². The highest BCUT2D eigenvalue weighted by Crippen LogP contribution is 2.53. The molecule has 8 nitrogen and oxygen atoms in total. The van der Waals surface area contributed by atoms with Gasteiger partial charge in [0.15, 0.2) is 0 Å². The fourth-order valence-electron chi connectivity index (χ4n) is 10.3. The van der Waals surface area contributed by atoms with E-state index in [1.54, 1.807) is 0 Å². The minimum Gasteiger partial charge on any atom is -0.228 e. The Balaban J connectivity index is 2.24. The summed E-state index contributed by atoms with van der Waals surface area (Å²) in [7, 11) is 0. The van der Waals surface area contributed by atoms with E-state index in [1.165, 1.54) is 0 Å². The molecule has 2 aliphatic rings. The van der Waals surface area contributed by atoms with Gasteiger partial charge in [-0.15, -0.1) is 0 Å². The summed E-state index contributed by atoms with van der Waals surface area (Å²) in [6.07, 6.45) is 9.92. The minimum absolute atomic E-state index is 0.0652. The van der Waals surface area contributed by atoms with Crippen LogP contribution in [0.2, 0.25) is 0 Å². The highest BCUT2D eigenvalue weighted by molar-refractivity contribution is 4.94. The summed E-state index contributed by atoms with van der Waals surface area (Å²) >= 11 is 0. The van der Waals surface area contributed by atoms with Crippen molar-refractivity contribution >= 4 is 0 Å². The van der Waals surface area contributed by atoms with Crippen LogP contribution in [0.4, 0.5) is 0 Å². The standard InChI is InChI=1S/C47H92O8/c1-37(2,3)31-41(13,14)48-52-46(53-49-42(15,16)32-38(4,5)6)27-23-35(24-28-46)45(21,22)36-25-29-47(30-26-36,54-50-43(17,18)33-39(7,8)9)55-51-44(19,20)34-40(10,11)12/h35-36H,23-34H2,1-22H3. The van der Waals surface area contributed by atoms with Crippen LogP contribution in [0, 0.1) is 38.9 Å². The van der Waals surface area contributed by atoms with E-state index in [0.29, 0.717) is 37.5 Å². The van der Waals surface area contributed by atoms with Crippen LogP contribution < -0.4 is 0 Å². The molecule has 0 spiro atoms. The molecule has 0 bridgehead atoms. The van der Waals surface area contributed by atoms with Crippen LogP contribution in [0.5, 0.6) is 0 Å². The third-order valence-corrected chi connectivity index (χ3v) is 11.1. The number of hydrogen-bond donors (Lipinski definition) is 0.